The lowest BCUT2D eigenvalue weighted by molar-refractivity contribution is -0.134. The van der Waals surface area contributed by atoms with E-state index >= 15 is 0 Å². The second-order valence-corrected chi connectivity index (χ2v) is 8.49. The second kappa shape index (κ2) is 8.71. The van der Waals surface area contributed by atoms with Crippen LogP contribution in [-0.4, -0.2) is 48.2 Å². The van der Waals surface area contributed by atoms with Gasteiger partial charge in [0.2, 0.25) is 5.91 Å². The molecule has 2 aromatic carbocycles. The fourth-order valence-corrected chi connectivity index (χ4v) is 4.33. The molecule has 1 spiro atoms. The Balaban J connectivity index is 1.33. The Hall–Kier alpha value is -2.86. The maximum atomic E-state index is 12.7. The number of rotatable bonds is 5. The summed E-state index contributed by atoms with van der Waals surface area (Å²) < 4.78 is 11.4. The number of amides is 1. The Bertz CT molecular complexity index is 1010. The molecule has 1 saturated heterocycles. The monoisotopic (exact) mass is 441 g/mol. The normalized spacial score (nSPS) is 17.1. The summed E-state index contributed by atoms with van der Waals surface area (Å²) >= 11 is 5.85. The van der Waals surface area contributed by atoms with Crippen molar-refractivity contribution in [2.75, 3.05) is 20.2 Å². The fourth-order valence-electron chi connectivity index (χ4n) is 4.20. The maximum Gasteiger partial charge on any atom is 0.223 e. The van der Waals surface area contributed by atoms with Crippen LogP contribution in [-0.2, 0) is 4.79 Å². The summed E-state index contributed by atoms with van der Waals surface area (Å²) in [7, 11) is 1.56. The maximum absolute atomic E-state index is 12.7. The van der Waals surface area contributed by atoms with Crippen LogP contribution in [0.25, 0.3) is 0 Å². The molecular formula is C24H24ClNO5. The molecule has 0 N–H and O–H groups in total. The van der Waals surface area contributed by atoms with Gasteiger partial charge in [-0.25, -0.2) is 0 Å². The van der Waals surface area contributed by atoms with E-state index in [2.05, 4.69) is 0 Å². The lowest BCUT2D eigenvalue weighted by Crippen LogP contribution is -2.52. The first-order chi connectivity index (χ1) is 14.9. The molecule has 2 aliphatic rings. The third-order valence-corrected chi connectivity index (χ3v) is 6.31. The van der Waals surface area contributed by atoms with E-state index in [0.29, 0.717) is 60.0 Å². The number of hydrogen-bond acceptors (Lipinski definition) is 5. The summed E-state index contributed by atoms with van der Waals surface area (Å²) in [6, 6.07) is 11.9. The summed E-state index contributed by atoms with van der Waals surface area (Å²) in [5.41, 5.74) is 0.526. The summed E-state index contributed by atoms with van der Waals surface area (Å²) in [6.07, 6.45) is 1.79. The van der Waals surface area contributed by atoms with E-state index in [-0.39, 0.29) is 30.3 Å². The number of Topliss-reactive ketones (excluding diaryl/α,β-unsaturated/α-hetero) is 2. The average Bonchev–Trinajstić information content (AvgIpc) is 2.78. The number of ether oxygens (including phenoxy) is 2. The van der Waals surface area contributed by atoms with Gasteiger partial charge in [-0.15, -0.1) is 0 Å². The molecule has 0 radical (unpaired) electrons. The molecule has 6 nitrogen and oxygen atoms in total. The van der Waals surface area contributed by atoms with Crippen molar-refractivity contribution >= 4 is 29.1 Å². The molecule has 0 saturated carbocycles. The van der Waals surface area contributed by atoms with Crippen LogP contribution in [0.3, 0.4) is 0 Å². The van der Waals surface area contributed by atoms with Gasteiger partial charge in [0, 0.05) is 49.4 Å². The number of methoxy groups -OCH3 is 1. The SMILES string of the molecule is COc1ccc2c(c1)C(=O)CC1(CCN(C(=O)CCC(=O)c3ccc(Cl)cc3)CC1)O2. The van der Waals surface area contributed by atoms with Gasteiger partial charge in [-0.3, -0.25) is 14.4 Å². The number of carbonyl (C=O) groups is 3. The van der Waals surface area contributed by atoms with E-state index in [9.17, 15) is 14.4 Å². The number of benzene rings is 2. The Morgan fingerprint density at radius 3 is 2.48 bits per heavy atom. The highest BCUT2D eigenvalue weighted by atomic mass is 35.5. The summed E-state index contributed by atoms with van der Waals surface area (Å²) in [5, 5.41) is 0.569. The highest BCUT2D eigenvalue weighted by Crippen LogP contribution is 2.40. The van der Waals surface area contributed by atoms with Gasteiger partial charge >= 0.3 is 0 Å². The van der Waals surface area contributed by atoms with Gasteiger partial charge in [0.15, 0.2) is 11.6 Å². The third kappa shape index (κ3) is 4.59. The summed E-state index contributed by atoms with van der Waals surface area (Å²) in [5.74, 6) is 1.11. The molecule has 1 amide bonds. The van der Waals surface area contributed by atoms with Gasteiger partial charge in [-0.2, -0.15) is 0 Å². The van der Waals surface area contributed by atoms with Gasteiger partial charge in [0.05, 0.1) is 19.1 Å². The van der Waals surface area contributed by atoms with Gasteiger partial charge < -0.3 is 14.4 Å². The van der Waals surface area contributed by atoms with Crippen LogP contribution >= 0.6 is 11.6 Å². The standard InChI is InChI=1S/C24H24ClNO5/c1-30-18-6-8-22-19(14-18)21(28)15-24(31-22)10-12-26(13-11-24)23(29)9-7-20(27)16-2-4-17(25)5-3-16/h2-6,8,14H,7,9-13,15H2,1H3. The number of hydrogen-bond donors (Lipinski definition) is 0. The van der Waals surface area contributed by atoms with Gasteiger partial charge in [-0.1, -0.05) is 11.6 Å². The smallest absolute Gasteiger partial charge is 0.223 e. The fraction of sp³-hybridized carbons (Fsp3) is 0.375. The van der Waals surface area contributed by atoms with Crippen molar-refractivity contribution in [3.05, 3.63) is 58.6 Å². The highest BCUT2D eigenvalue weighted by molar-refractivity contribution is 6.30. The van der Waals surface area contributed by atoms with Crippen LogP contribution in [0.4, 0.5) is 0 Å². The number of likely N-dealkylation sites (tertiary alicyclic amines) is 1. The summed E-state index contributed by atoms with van der Waals surface area (Å²) in [6.45, 7) is 1.01. The molecule has 31 heavy (non-hydrogen) atoms. The van der Waals surface area contributed by atoms with E-state index in [1.54, 1.807) is 54.5 Å². The molecule has 0 bridgehead atoms. The minimum absolute atomic E-state index is 0.0356. The van der Waals surface area contributed by atoms with Crippen molar-refractivity contribution in [1.82, 2.24) is 4.90 Å². The van der Waals surface area contributed by atoms with Crippen LogP contribution in [0, 0.1) is 0 Å². The molecule has 7 heteroatoms. The first kappa shape index (κ1) is 21.4. The quantitative estimate of drug-likeness (QED) is 0.645. The van der Waals surface area contributed by atoms with E-state index < -0.39 is 5.60 Å². The zero-order chi connectivity index (χ0) is 22.0. The average molecular weight is 442 g/mol. The lowest BCUT2D eigenvalue weighted by atomic mass is 9.82. The Kier molecular flexibility index (Phi) is 6.01. The molecule has 2 aliphatic heterocycles. The van der Waals surface area contributed by atoms with Gasteiger partial charge in [-0.05, 0) is 42.5 Å². The topological polar surface area (TPSA) is 72.9 Å². The van der Waals surface area contributed by atoms with Crippen molar-refractivity contribution in [3.8, 4) is 11.5 Å². The van der Waals surface area contributed by atoms with E-state index in [1.807, 2.05) is 0 Å². The Labute approximate surface area is 186 Å². The number of halogens is 1. The molecule has 1 fully saturated rings. The first-order valence-electron chi connectivity index (χ1n) is 10.4. The molecule has 0 atom stereocenters. The molecule has 0 aromatic heterocycles. The Morgan fingerprint density at radius 1 is 1.10 bits per heavy atom. The molecule has 4 rings (SSSR count). The molecule has 0 aliphatic carbocycles. The largest absolute Gasteiger partial charge is 0.497 e. The number of carbonyl (C=O) groups excluding carboxylic acids is 3. The number of piperidine rings is 1. The van der Waals surface area contributed by atoms with E-state index in [4.69, 9.17) is 21.1 Å². The number of nitrogens with zero attached hydrogens (tertiary/aromatic N) is 1. The second-order valence-electron chi connectivity index (χ2n) is 8.06. The zero-order valence-corrected chi connectivity index (χ0v) is 18.1. The van der Waals surface area contributed by atoms with E-state index in [0.717, 1.165) is 0 Å². The molecule has 2 aromatic rings. The minimum atomic E-state index is -0.575. The zero-order valence-electron chi connectivity index (χ0n) is 17.4. The van der Waals surface area contributed by atoms with Crippen molar-refractivity contribution < 1.29 is 23.9 Å². The van der Waals surface area contributed by atoms with Crippen LogP contribution in [0.15, 0.2) is 42.5 Å². The highest BCUT2D eigenvalue weighted by Gasteiger charge is 2.43. The van der Waals surface area contributed by atoms with Crippen LogP contribution in [0.5, 0.6) is 11.5 Å². The molecule has 0 unspecified atom stereocenters. The van der Waals surface area contributed by atoms with Crippen molar-refractivity contribution in [2.45, 2.75) is 37.7 Å². The van der Waals surface area contributed by atoms with Gasteiger partial charge in [0.25, 0.3) is 0 Å². The number of ketones is 2. The predicted octanol–water partition coefficient (Wildman–Crippen LogP) is 4.34. The third-order valence-electron chi connectivity index (χ3n) is 6.06. The van der Waals surface area contributed by atoms with Crippen LogP contribution in [0.2, 0.25) is 5.02 Å². The van der Waals surface area contributed by atoms with Crippen LogP contribution < -0.4 is 9.47 Å². The van der Waals surface area contributed by atoms with Gasteiger partial charge in [0.1, 0.15) is 17.1 Å². The molecule has 2 heterocycles. The van der Waals surface area contributed by atoms with Crippen molar-refractivity contribution in [3.63, 3.8) is 0 Å². The van der Waals surface area contributed by atoms with Crippen molar-refractivity contribution in [1.29, 1.82) is 0 Å². The predicted molar refractivity (Wildman–Crippen MR) is 116 cm³/mol. The lowest BCUT2D eigenvalue weighted by Gasteiger charge is -2.44. The van der Waals surface area contributed by atoms with Crippen molar-refractivity contribution in [2.24, 2.45) is 0 Å². The minimum Gasteiger partial charge on any atom is -0.497 e. The van der Waals surface area contributed by atoms with E-state index in [1.165, 1.54) is 0 Å². The Morgan fingerprint density at radius 2 is 1.81 bits per heavy atom. The number of fused-ring (bicyclic) bond motifs is 1. The first-order valence-corrected chi connectivity index (χ1v) is 10.7. The molecular weight excluding hydrogens is 418 g/mol. The summed E-state index contributed by atoms with van der Waals surface area (Å²) in [4.78, 5) is 39.4. The molecule has 162 valence electrons. The van der Waals surface area contributed by atoms with Crippen LogP contribution in [0.1, 0.15) is 52.8 Å².